The Hall–Kier alpha value is -2.84. The van der Waals surface area contributed by atoms with E-state index < -0.39 is 23.6 Å². The van der Waals surface area contributed by atoms with Crippen LogP contribution < -0.4 is 0 Å². The number of carbonyl (C=O) groups is 2. The van der Waals surface area contributed by atoms with Crippen LogP contribution >= 0.6 is 0 Å². The SMILES string of the molecule is CC(C)(C)OC(=O)N1CCC[C@H](C(=O)OCc2nnc(-c3ccco3)o2)C1. The molecule has 1 saturated heterocycles. The lowest BCUT2D eigenvalue weighted by atomic mass is 9.98. The number of piperidine rings is 1. The number of ether oxygens (including phenoxy) is 2. The molecule has 146 valence electrons. The molecule has 9 nitrogen and oxygen atoms in total. The highest BCUT2D eigenvalue weighted by atomic mass is 16.6. The number of amides is 1. The first-order valence-corrected chi connectivity index (χ1v) is 8.82. The lowest BCUT2D eigenvalue weighted by molar-refractivity contribution is -0.152. The Kier molecular flexibility index (Phi) is 5.48. The average Bonchev–Trinajstić information content (AvgIpc) is 3.29. The minimum absolute atomic E-state index is 0.129. The zero-order chi connectivity index (χ0) is 19.4. The molecule has 2 aromatic heterocycles. The molecule has 2 aromatic rings. The highest BCUT2D eigenvalue weighted by Crippen LogP contribution is 2.22. The molecule has 0 aliphatic carbocycles. The van der Waals surface area contributed by atoms with Crippen molar-refractivity contribution in [2.75, 3.05) is 13.1 Å². The van der Waals surface area contributed by atoms with Gasteiger partial charge >= 0.3 is 12.1 Å². The molecule has 0 spiro atoms. The summed E-state index contributed by atoms with van der Waals surface area (Å²) in [6, 6.07) is 3.40. The van der Waals surface area contributed by atoms with Gasteiger partial charge in [0.2, 0.25) is 0 Å². The molecule has 0 radical (unpaired) electrons. The number of hydrogen-bond donors (Lipinski definition) is 0. The molecule has 1 aliphatic rings. The molecular formula is C18H23N3O6. The molecule has 1 atom stereocenters. The van der Waals surface area contributed by atoms with Gasteiger partial charge in [-0.3, -0.25) is 4.79 Å². The van der Waals surface area contributed by atoms with E-state index in [4.69, 9.17) is 18.3 Å². The normalized spacial score (nSPS) is 17.6. The summed E-state index contributed by atoms with van der Waals surface area (Å²) in [6.07, 6.45) is 2.44. The number of nitrogens with zero attached hydrogens (tertiary/aromatic N) is 3. The first-order chi connectivity index (χ1) is 12.8. The summed E-state index contributed by atoms with van der Waals surface area (Å²) in [4.78, 5) is 26.1. The van der Waals surface area contributed by atoms with Crippen LogP contribution in [0.15, 0.2) is 27.2 Å². The van der Waals surface area contributed by atoms with E-state index in [1.54, 1.807) is 17.0 Å². The van der Waals surface area contributed by atoms with Crippen molar-refractivity contribution in [1.29, 1.82) is 0 Å². The third kappa shape index (κ3) is 5.08. The number of hydrogen-bond acceptors (Lipinski definition) is 8. The average molecular weight is 377 g/mol. The summed E-state index contributed by atoms with van der Waals surface area (Å²) in [5.41, 5.74) is -0.575. The van der Waals surface area contributed by atoms with Gasteiger partial charge in [0.15, 0.2) is 12.4 Å². The van der Waals surface area contributed by atoms with Crippen molar-refractivity contribution in [3.8, 4) is 11.7 Å². The minimum atomic E-state index is -0.575. The van der Waals surface area contributed by atoms with Crippen molar-refractivity contribution in [2.24, 2.45) is 5.92 Å². The van der Waals surface area contributed by atoms with E-state index in [0.717, 1.165) is 0 Å². The van der Waals surface area contributed by atoms with Crippen molar-refractivity contribution in [1.82, 2.24) is 15.1 Å². The van der Waals surface area contributed by atoms with Crippen LogP contribution in [0.3, 0.4) is 0 Å². The molecular weight excluding hydrogens is 354 g/mol. The highest BCUT2D eigenvalue weighted by Gasteiger charge is 2.32. The van der Waals surface area contributed by atoms with Crippen LogP contribution in [0.5, 0.6) is 0 Å². The molecule has 1 fully saturated rings. The van der Waals surface area contributed by atoms with Crippen LogP contribution in [0.25, 0.3) is 11.7 Å². The van der Waals surface area contributed by atoms with Crippen molar-refractivity contribution in [3.63, 3.8) is 0 Å². The minimum Gasteiger partial charge on any atom is -0.459 e. The van der Waals surface area contributed by atoms with Crippen LogP contribution in [0, 0.1) is 5.92 Å². The number of aromatic nitrogens is 2. The summed E-state index contributed by atoms with van der Waals surface area (Å²) >= 11 is 0. The lowest BCUT2D eigenvalue weighted by Gasteiger charge is -2.33. The molecule has 27 heavy (non-hydrogen) atoms. The maximum atomic E-state index is 12.4. The standard InChI is InChI=1S/C18H23N3O6/c1-18(2,3)27-17(23)21-8-4-6-12(10-21)16(22)25-11-14-19-20-15(26-14)13-7-5-9-24-13/h5,7,9,12H,4,6,8,10-11H2,1-3H3/t12-/m0/s1. The quantitative estimate of drug-likeness (QED) is 0.748. The first-order valence-electron chi connectivity index (χ1n) is 8.82. The third-order valence-electron chi connectivity index (χ3n) is 3.94. The van der Waals surface area contributed by atoms with Crippen LogP contribution in [0.1, 0.15) is 39.5 Å². The van der Waals surface area contributed by atoms with Gasteiger partial charge in [0.05, 0.1) is 12.2 Å². The largest absolute Gasteiger partial charge is 0.459 e. The summed E-state index contributed by atoms with van der Waals surface area (Å²) in [5.74, 6) is 0.0366. The van der Waals surface area contributed by atoms with Crippen LogP contribution in [0.2, 0.25) is 0 Å². The molecule has 3 heterocycles. The van der Waals surface area contributed by atoms with Gasteiger partial charge in [-0.2, -0.15) is 0 Å². The molecule has 0 saturated carbocycles. The monoisotopic (exact) mass is 377 g/mol. The Balaban J connectivity index is 1.51. The van der Waals surface area contributed by atoms with Gasteiger partial charge in [0, 0.05) is 13.1 Å². The maximum Gasteiger partial charge on any atom is 0.410 e. The number of likely N-dealkylation sites (tertiary alicyclic amines) is 1. The predicted octanol–water partition coefficient (Wildman–Crippen LogP) is 3.02. The van der Waals surface area contributed by atoms with Crippen LogP contribution in [-0.4, -0.2) is 45.9 Å². The van der Waals surface area contributed by atoms with Crippen molar-refractivity contribution in [3.05, 3.63) is 24.3 Å². The Morgan fingerprint density at radius 3 is 2.85 bits per heavy atom. The van der Waals surface area contributed by atoms with Gasteiger partial charge < -0.3 is 23.2 Å². The van der Waals surface area contributed by atoms with E-state index >= 15 is 0 Å². The fourth-order valence-electron chi connectivity index (χ4n) is 2.72. The Morgan fingerprint density at radius 1 is 1.33 bits per heavy atom. The van der Waals surface area contributed by atoms with Crippen molar-refractivity contribution >= 4 is 12.1 Å². The molecule has 0 aromatic carbocycles. The second-order valence-electron chi connectivity index (χ2n) is 7.35. The number of carbonyl (C=O) groups excluding carboxylic acids is 2. The van der Waals surface area contributed by atoms with Gasteiger partial charge in [-0.25, -0.2) is 4.79 Å². The van der Waals surface area contributed by atoms with Gasteiger partial charge in [0.25, 0.3) is 11.8 Å². The molecule has 1 amide bonds. The third-order valence-corrected chi connectivity index (χ3v) is 3.94. The Morgan fingerprint density at radius 2 is 2.15 bits per heavy atom. The zero-order valence-corrected chi connectivity index (χ0v) is 15.6. The molecule has 0 N–H and O–H groups in total. The molecule has 0 bridgehead atoms. The fourth-order valence-corrected chi connectivity index (χ4v) is 2.72. The van der Waals surface area contributed by atoms with Crippen LogP contribution in [-0.2, 0) is 20.9 Å². The second kappa shape index (κ2) is 7.81. The Bertz CT molecular complexity index is 777. The van der Waals surface area contributed by atoms with Crippen molar-refractivity contribution < 1.29 is 27.9 Å². The van der Waals surface area contributed by atoms with Gasteiger partial charge in [-0.15, -0.1) is 10.2 Å². The van der Waals surface area contributed by atoms with E-state index in [1.807, 2.05) is 20.8 Å². The number of rotatable bonds is 4. The van der Waals surface area contributed by atoms with Gasteiger partial charge in [0.1, 0.15) is 5.60 Å². The second-order valence-corrected chi connectivity index (χ2v) is 7.35. The summed E-state index contributed by atoms with van der Waals surface area (Å²) in [6.45, 7) is 6.13. The lowest BCUT2D eigenvalue weighted by Crippen LogP contribution is -2.45. The number of esters is 1. The smallest absolute Gasteiger partial charge is 0.410 e. The fraction of sp³-hybridized carbons (Fsp3) is 0.556. The topological polar surface area (TPSA) is 108 Å². The molecule has 3 rings (SSSR count). The van der Waals surface area contributed by atoms with Crippen LogP contribution in [0.4, 0.5) is 4.79 Å². The Labute approximate surface area is 156 Å². The van der Waals surface area contributed by atoms with E-state index in [-0.39, 0.29) is 24.9 Å². The maximum absolute atomic E-state index is 12.4. The molecule has 1 aliphatic heterocycles. The van der Waals surface area contributed by atoms with E-state index in [9.17, 15) is 9.59 Å². The van der Waals surface area contributed by atoms with Crippen molar-refractivity contribution in [2.45, 2.75) is 45.8 Å². The van der Waals surface area contributed by atoms with E-state index in [0.29, 0.717) is 25.1 Å². The molecule has 9 heteroatoms. The number of furan rings is 1. The van der Waals surface area contributed by atoms with Gasteiger partial charge in [-0.05, 0) is 45.7 Å². The summed E-state index contributed by atoms with van der Waals surface area (Å²) < 4.78 is 21.2. The van der Waals surface area contributed by atoms with E-state index in [2.05, 4.69) is 10.2 Å². The van der Waals surface area contributed by atoms with Gasteiger partial charge in [-0.1, -0.05) is 0 Å². The summed E-state index contributed by atoms with van der Waals surface area (Å²) in [7, 11) is 0. The van der Waals surface area contributed by atoms with E-state index in [1.165, 1.54) is 6.26 Å². The first kappa shape index (κ1) is 18.9. The zero-order valence-electron chi connectivity index (χ0n) is 15.6. The highest BCUT2D eigenvalue weighted by molar-refractivity contribution is 5.75. The summed E-state index contributed by atoms with van der Waals surface area (Å²) in [5, 5.41) is 7.68. The predicted molar refractivity (Wildman–Crippen MR) is 92.3 cm³/mol. The molecule has 0 unspecified atom stereocenters.